The van der Waals surface area contributed by atoms with Gasteiger partial charge in [0.25, 0.3) is 5.69 Å². The van der Waals surface area contributed by atoms with Crippen molar-refractivity contribution in [3.8, 4) is 11.5 Å². The first-order valence-corrected chi connectivity index (χ1v) is 4.62. The van der Waals surface area contributed by atoms with Gasteiger partial charge in [-0.15, -0.1) is 0 Å². The normalized spacial score (nSPS) is 9.53. The summed E-state index contributed by atoms with van der Waals surface area (Å²) >= 11 is 0. The highest BCUT2D eigenvalue weighted by atomic mass is 16.6. The summed E-state index contributed by atoms with van der Waals surface area (Å²) in [4.78, 5) is 21.7. The van der Waals surface area contributed by atoms with Crippen LogP contribution in [0.1, 0.15) is 10.4 Å². The van der Waals surface area contributed by atoms with E-state index < -0.39 is 10.7 Å². The van der Waals surface area contributed by atoms with Crippen LogP contribution in [0.25, 0.3) is 0 Å². The molecular weight excluding hydrogens is 226 g/mol. The van der Waals surface area contributed by atoms with Gasteiger partial charge in [0.05, 0.1) is 25.2 Å². The number of nitrogens with zero attached hydrogens (tertiary/aromatic N) is 1. The maximum absolute atomic E-state index is 11.5. The lowest BCUT2D eigenvalue weighted by Gasteiger charge is -2.08. The molecule has 1 aromatic rings. The lowest BCUT2D eigenvalue weighted by Crippen LogP contribution is -2.03. The van der Waals surface area contributed by atoms with Gasteiger partial charge in [0.2, 0.25) is 0 Å². The first-order valence-electron chi connectivity index (χ1n) is 4.62. The van der Waals surface area contributed by atoms with Gasteiger partial charge in [0, 0.05) is 6.07 Å². The molecule has 6 nitrogen and oxygen atoms in total. The van der Waals surface area contributed by atoms with Crippen molar-refractivity contribution in [3.05, 3.63) is 40.5 Å². The van der Waals surface area contributed by atoms with E-state index in [4.69, 9.17) is 9.47 Å². The topological polar surface area (TPSA) is 78.7 Å². The molecule has 0 aliphatic rings. The zero-order valence-corrected chi connectivity index (χ0v) is 9.43. The lowest BCUT2D eigenvalue weighted by atomic mass is 10.1. The molecule has 0 radical (unpaired) electrons. The molecule has 0 fully saturated rings. The van der Waals surface area contributed by atoms with Crippen molar-refractivity contribution in [2.75, 3.05) is 14.2 Å². The van der Waals surface area contributed by atoms with E-state index in [0.29, 0.717) is 0 Å². The van der Waals surface area contributed by atoms with Gasteiger partial charge in [0.1, 0.15) is 5.56 Å². The molecule has 0 heterocycles. The third-order valence-electron chi connectivity index (χ3n) is 2.15. The average Bonchev–Trinajstić information content (AvgIpc) is 2.35. The molecule has 1 aromatic carbocycles. The SMILES string of the molecule is C=CC(=O)c1cc(OC)c(OC)cc1[N+](=O)[O-]. The first-order chi connectivity index (χ1) is 8.04. The fourth-order valence-electron chi connectivity index (χ4n) is 1.33. The number of methoxy groups -OCH3 is 2. The zero-order valence-electron chi connectivity index (χ0n) is 9.43. The molecule has 0 aliphatic carbocycles. The Morgan fingerprint density at radius 3 is 2.29 bits per heavy atom. The van der Waals surface area contributed by atoms with E-state index in [2.05, 4.69) is 6.58 Å². The zero-order chi connectivity index (χ0) is 13.0. The molecule has 0 aliphatic heterocycles. The van der Waals surface area contributed by atoms with Crippen LogP contribution in [0.2, 0.25) is 0 Å². The maximum Gasteiger partial charge on any atom is 0.284 e. The summed E-state index contributed by atoms with van der Waals surface area (Å²) in [5, 5.41) is 10.8. The van der Waals surface area contributed by atoms with Crippen LogP contribution in [0, 0.1) is 10.1 Å². The smallest absolute Gasteiger partial charge is 0.284 e. The Bertz CT molecular complexity index is 481. The van der Waals surface area contributed by atoms with E-state index >= 15 is 0 Å². The van der Waals surface area contributed by atoms with Gasteiger partial charge in [-0.3, -0.25) is 14.9 Å². The Labute approximate surface area is 97.6 Å². The molecule has 0 saturated carbocycles. The molecule has 0 atom stereocenters. The van der Waals surface area contributed by atoms with Gasteiger partial charge in [0.15, 0.2) is 17.3 Å². The Balaban J connectivity index is 3.50. The van der Waals surface area contributed by atoms with Crippen LogP contribution in [0.5, 0.6) is 11.5 Å². The van der Waals surface area contributed by atoms with Crippen LogP contribution >= 0.6 is 0 Å². The molecule has 0 N–H and O–H groups in total. The van der Waals surface area contributed by atoms with Crippen LogP contribution in [0.3, 0.4) is 0 Å². The van der Waals surface area contributed by atoms with Gasteiger partial charge in [-0.1, -0.05) is 6.58 Å². The summed E-state index contributed by atoms with van der Waals surface area (Å²) in [6, 6.07) is 2.41. The number of benzene rings is 1. The van der Waals surface area contributed by atoms with Crippen molar-refractivity contribution in [2.24, 2.45) is 0 Å². The van der Waals surface area contributed by atoms with Crippen LogP contribution in [-0.2, 0) is 0 Å². The molecule has 0 aromatic heterocycles. The molecule has 0 bridgehead atoms. The summed E-state index contributed by atoms with van der Waals surface area (Å²) in [5.41, 5.74) is -0.421. The summed E-state index contributed by atoms with van der Waals surface area (Å²) in [7, 11) is 2.74. The van der Waals surface area contributed by atoms with E-state index in [9.17, 15) is 14.9 Å². The fraction of sp³-hybridized carbons (Fsp3) is 0.182. The molecule has 1 rings (SSSR count). The van der Waals surface area contributed by atoms with Crippen LogP contribution in [0.15, 0.2) is 24.8 Å². The Kier molecular flexibility index (Phi) is 3.82. The number of hydrogen-bond donors (Lipinski definition) is 0. The van der Waals surface area contributed by atoms with Crippen LogP contribution < -0.4 is 9.47 Å². The minimum Gasteiger partial charge on any atom is -0.493 e. The quantitative estimate of drug-likeness (QED) is 0.338. The number of allylic oxidation sites excluding steroid dienone is 1. The summed E-state index contributed by atoms with van der Waals surface area (Å²) in [6.07, 6.45) is 1.01. The molecule has 6 heteroatoms. The molecular formula is C11H11NO5. The number of nitro benzene ring substituents is 1. The number of ether oxygens (including phenoxy) is 2. The summed E-state index contributed by atoms with van der Waals surface area (Å²) < 4.78 is 9.90. The predicted octanol–water partition coefficient (Wildman–Crippen LogP) is 1.98. The number of carbonyl (C=O) groups is 1. The monoisotopic (exact) mass is 237 g/mol. The van der Waals surface area contributed by atoms with Gasteiger partial charge < -0.3 is 9.47 Å². The Morgan fingerprint density at radius 1 is 1.35 bits per heavy atom. The van der Waals surface area contributed by atoms with Gasteiger partial charge in [-0.25, -0.2) is 0 Å². The van der Waals surface area contributed by atoms with E-state index in [1.165, 1.54) is 20.3 Å². The summed E-state index contributed by atoms with van der Waals surface area (Å²) in [6.45, 7) is 3.29. The van der Waals surface area contributed by atoms with Crippen LogP contribution in [0.4, 0.5) is 5.69 Å². The van der Waals surface area contributed by atoms with E-state index in [0.717, 1.165) is 12.1 Å². The predicted molar refractivity (Wildman–Crippen MR) is 60.7 cm³/mol. The van der Waals surface area contributed by atoms with Crippen LogP contribution in [-0.4, -0.2) is 24.9 Å². The van der Waals surface area contributed by atoms with Crippen molar-refractivity contribution in [1.29, 1.82) is 0 Å². The molecule has 17 heavy (non-hydrogen) atoms. The minimum atomic E-state index is -0.654. The number of rotatable bonds is 5. The number of nitro groups is 1. The first kappa shape index (κ1) is 12.7. The van der Waals surface area contributed by atoms with Gasteiger partial charge in [-0.05, 0) is 6.08 Å². The van der Waals surface area contributed by atoms with Crippen molar-refractivity contribution >= 4 is 11.5 Å². The highest BCUT2D eigenvalue weighted by Gasteiger charge is 2.22. The second-order valence-electron chi connectivity index (χ2n) is 3.05. The Hall–Kier alpha value is -2.37. The molecule has 0 unspecified atom stereocenters. The van der Waals surface area contributed by atoms with Gasteiger partial charge >= 0.3 is 0 Å². The second-order valence-corrected chi connectivity index (χ2v) is 3.05. The van der Waals surface area contributed by atoms with Crippen molar-refractivity contribution in [1.82, 2.24) is 0 Å². The second kappa shape index (κ2) is 5.11. The molecule has 0 amide bonds. The van der Waals surface area contributed by atoms with Crippen molar-refractivity contribution in [3.63, 3.8) is 0 Å². The third kappa shape index (κ3) is 2.41. The van der Waals surface area contributed by atoms with E-state index in [-0.39, 0.29) is 22.7 Å². The number of carbonyl (C=O) groups excluding carboxylic acids is 1. The number of ketones is 1. The third-order valence-corrected chi connectivity index (χ3v) is 2.15. The van der Waals surface area contributed by atoms with Gasteiger partial charge in [-0.2, -0.15) is 0 Å². The minimum absolute atomic E-state index is 0.0809. The Morgan fingerprint density at radius 2 is 1.88 bits per heavy atom. The maximum atomic E-state index is 11.5. The average molecular weight is 237 g/mol. The fourth-order valence-corrected chi connectivity index (χ4v) is 1.33. The molecule has 90 valence electrons. The lowest BCUT2D eigenvalue weighted by molar-refractivity contribution is -0.385. The summed E-state index contributed by atoms with van der Waals surface area (Å²) in [5.74, 6) is -0.0965. The van der Waals surface area contributed by atoms with Crippen molar-refractivity contribution in [2.45, 2.75) is 0 Å². The molecule has 0 saturated heterocycles. The molecule has 0 spiro atoms. The van der Waals surface area contributed by atoms with Crippen molar-refractivity contribution < 1.29 is 19.2 Å². The number of hydrogen-bond acceptors (Lipinski definition) is 5. The standard InChI is InChI=1S/C11H11NO5/c1-4-9(13)7-5-10(16-2)11(17-3)6-8(7)12(14)15/h4-6H,1H2,2-3H3. The largest absolute Gasteiger partial charge is 0.493 e. The highest BCUT2D eigenvalue weighted by Crippen LogP contribution is 2.34. The highest BCUT2D eigenvalue weighted by molar-refractivity contribution is 6.07. The van der Waals surface area contributed by atoms with E-state index in [1.807, 2.05) is 0 Å². The van der Waals surface area contributed by atoms with E-state index in [1.54, 1.807) is 0 Å².